The number of piperazine rings is 1. The van der Waals surface area contributed by atoms with E-state index in [1.807, 2.05) is 4.90 Å². The number of benzene rings is 2. The lowest BCUT2D eigenvalue weighted by Gasteiger charge is -2.43. The zero-order chi connectivity index (χ0) is 27.0. The molecule has 1 N–H and O–H groups in total. The summed E-state index contributed by atoms with van der Waals surface area (Å²) in [5.41, 5.74) is -2.10. The van der Waals surface area contributed by atoms with E-state index in [9.17, 15) is 31.1 Å². The number of aliphatic hydroxyl groups is 1. The van der Waals surface area contributed by atoms with Gasteiger partial charge in [-0.25, -0.2) is 12.8 Å². The molecular weight excluding hydrogens is 528 g/mol. The zero-order valence-corrected chi connectivity index (χ0v) is 21.6. The molecule has 4 rings (SSSR count). The average Bonchev–Trinajstić information content (AvgIpc) is 2.83. The summed E-state index contributed by atoms with van der Waals surface area (Å²) in [7, 11) is -3.87. The van der Waals surface area contributed by atoms with Gasteiger partial charge in [-0.15, -0.1) is 0 Å². The molecule has 0 spiro atoms. The third-order valence-electron chi connectivity index (χ3n) is 6.70. The molecule has 5 nitrogen and oxygen atoms in total. The van der Waals surface area contributed by atoms with E-state index in [2.05, 4.69) is 0 Å². The standard InChI is InChI=1S/C26H26F4N2O3S2/c1-25(33,26(28,29)30)19-9-11-21(12-10-19)32-14-13-31(37(34,35)24-8-3-2-7-23(24)36)17-22(32)16-18-5-4-6-20(27)15-18/h2-6,8-12,15,22,33H,7,13-14,16-17H2,1H3/t22-,25?/m0/s1. The van der Waals surface area contributed by atoms with E-state index in [1.165, 1.54) is 46.8 Å². The van der Waals surface area contributed by atoms with E-state index in [-0.39, 0.29) is 30.1 Å². The number of thiocarbonyl (C=S) groups is 1. The van der Waals surface area contributed by atoms with E-state index in [0.717, 1.165) is 0 Å². The van der Waals surface area contributed by atoms with Gasteiger partial charge in [-0.1, -0.05) is 48.6 Å². The van der Waals surface area contributed by atoms with Crippen molar-refractivity contribution in [3.05, 3.63) is 88.6 Å². The molecule has 198 valence electrons. The topological polar surface area (TPSA) is 60.9 Å². The molecule has 1 fully saturated rings. The van der Waals surface area contributed by atoms with Crippen LogP contribution in [0.3, 0.4) is 0 Å². The van der Waals surface area contributed by atoms with Crippen molar-refractivity contribution in [2.24, 2.45) is 0 Å². The monoisotopic (exact) mass is 554 g/mol. The normalized spacial score (nSPS) is 21.0. The number of halogens is 4. The second-order valence-corrected chi connectivity index (χ2v) is 11.6. The van der Waals surface area contributed by atoms with Crippen molar-refractivity contribution >= 4 is 32.8 Å². The van der Waals surface area contributed by atoms with Gasteiger partial charge in [0.25, 0.3) is 0 Å². The molecule has 1 saturated heterocycles. The highest BCUT2D eigenvalue weighted by Gasteiger charge is 2.51. The van der Waals surface area contributed by atoms with Gasteiger partial charge in [0.2, 0.25) is 10.0 Å². The maximum Gasteiger partial charge on any atom is 0.421 e. The van der Waals surface area contributed by atoms with Gasteiger partial charge in [0.15, 0.2) is 5.60 Å². The van der Waals surface area contributed by atoms with Crippen LogP contribution in [0.25, 0.3) is 0 Å². The lowest BCUT2D eigenvalue weighted by molar-refractivity contribution is -0.258. The lowest BCUT2D eigenvalue weighted by atomic mass is 9.94. The maximum absolute atomic E-state index is 13.9. The third kappa shape index (κ3) is 5.64. The molecule has 1 unspecified atom stereocenters. The molecule has 37 heavy (non-hydrogen) atoms. The molecule has 1 heterocycles. The number of rotatable bonds is 6. The first kappa shape index (κ1) is 27.4. The van der Waals surface area contributed by atoms with Gasteiger partial charge in [0, 0.05) is 42.6 Å². The van der Waals surface area contributed by atoms with Crippen LogP contribution in [-0.4, -0.2) is 54.5 Å². The van der Waals surface area contributed by atoms with Crippen LogP contribution in [0.15, 0.2) is 71.7 Å². The first-order valence-electron chi connectivity index (χ1n) is 11.6. The molecule has 0 amide bonds. The molecule has 0 bridgehead atoms. The molecule has 1 aliphatic heterocycles. The highest BCUT2D eigenvalue weighted by Crippen LogP contribution is 2.39. The Balaban J connectivity index is 1.65. The Morgan fingerprint density at radius 1 is 1.11 bits per heavy atom. The molecule has 1 aliphatic carbocycles. The smallest absolute Gasteiger partial charge is 0.376 e. The van der Waals surface area contributed by atoms with E-state index in [1.54, 1.807) is 24.3 Å². The van der Waals surface area contributed by atoms with E-state index >= 15 is 0 Å². The molecule has 2 aliphatic rings. The highest BCUT2D eigenvalue weighted by atomic mass is 32.2. The summed E-state index contributed by atoms with van der Waals surface area (Å²) in [5, 5.41) is 10.00. The van der Waals surface area contributed by atoms with Crippen LogP contribution in [0.2, 0.25) is 0 Å². The van der Waals surface area contributed by atoms with Crippen molar-refractivity contribution in [1.29, 1.82) is 0 Å². The second-order valence-electron chi connectivity index (χ2n) is 9.25. The minimum atomic E-state index is -4.85. The van der Waals surface area contributed by atoms with Crippen molar-refractivity contribution in [2.45, 2.75) is 37.6 Å². The number of nitrogens with zero attached hydrogens (tertiary/aromatic N) is 2. The first-order chi connectivity index (χ1) is 17.3. The number of alkyl halides is 3. The average molecular weight is 555 g/mol. The van der Waals surface area contributed by atoms with Crippen molar-refractivity contribution in [3.8, 4) is 0 Å². The number of hydrogen-bond donors (Lipinski definition) is 1. The number of anilines is 1. The van der Waals surface area contributed by atoms with E-state index < -0.39 is 33.7 Å². The number of allylic oxidation sites excluding steroid dienone is 4. The van der Waals surface area contributed by atoms with Crippen LogP contribution in [0.5, 0.6) is 0 Å². The fraction of sp³-hybridized carbons (Fsp3) is 0.346. The van der Waals surface area contributed by atoms with Gasteiger partial charge in [-0.3, -0.25) is 0 Å². The van der Waals surface area contributed by atoms with E-state index in [4.69, 9.17) is 12.2 Å². The van der Waals surface area contributed by atoms with Gasteiger partial charge < -0.3 is 10.0 Å². The van der Waals surface area contributed by atoms with Crippen LogP contribution in [-0.2, 0) is 22.0 Å². The third-order valence-corrected chi connectivity index (χ3v) is 9.16. The molecule has 0 aromatic heterocycles. The summed E-state index contributed by atoms with van der Waals surface area (Å²) in [4.78, 5) is 2.32. The summed E-state index contributed by atoms with van der Waals surface area (Å²) in [6.07, 6.45) is 0.737. The highest BCUT2D eigenvalue weighted by molar-refractivity contribution is 7.96. The summed E-state index contributed by atoms with van der Waals surface area (Å²) in [6.45, 7) is 1.15. The fourth-order valence-electron chi connectivity index (χ4n) is 4.53. The van der Waals surface area contributed by atoms with Gasteiger partial charge in [0.1, 0.15) is 5.82 Å². The molecule has 2 atom stereocenters. The predicted molar refractivity (Wildman–Crippen MR) is 138 cm³/mol. The Bertz CT molecular complexity index is 1340. The van der Waals surface area contributed by atoms with Crippen molar-refractivity contribution in [2.75, 3.05) is 24.5 Å². The van der Waals surface area contributed by atoms with Crippen LogP contribution >= 0.6 is 12.2 Å². The Morgan fingerprint density at radius 2 is 1.81 bits per heavy atom. The van der Waals surface area contributed by atoms with Gasteiger partial charge in [-0.05, 0) is 54.8 Å². The quantitative estimate of drug-likeness (QED) is 0.408. The second kappa shape index (κ2) is 10.3. The minimum absolute atomic E-state index is 0.0739. The van der Waals surface area contributed by atoms with Gasteiger partial charge >= 0.3 is 6.18 Å². The van der Waals surface area contributed by atoms with Crippen LogP contribution in [0.1, 0.15) is 24.5 Å². The molecule has 0 saturated carbocycles. The Labute approximate surface area is 218 Å². The summed E-state index contributed by atoms with van der Waals surface area (Å²) in [5.74, 6) is -0.424. The number of hydrogen-bond acceptors (Lipinski definition) is 5. The van der Waals surface area contributed by atoms with Crippen LogP contribution in [0, 0.1) is 5.82 Å². The summed E-state index contributed by atoms with van der Waals surface area (Å²) < 4.78 is 81.9. The van der Waals surface area contributed by atoms with Crippen LogP contribution < -0.4 is 4.90 Å². The largest absolute Gasteiger partial charge is 0.421 e. The Hall–Kier alpha value is -2.60. The summed E-state index contributed by atoms with van der Waals surface area (Å²) >= 11 is 5.28. The molecular formula is C26H26F4N2O3S2. The minimum Gasteiger partial charge on any atom is -0.376 e. The number of sulfonamides is 1. The summed E-state index contributed by atoms with van der Waals surface area (Å²) in [6, 6.07) is 10.9. The Morgan fingerprint density at radius 3 is 2.43 bits per heavy atom. The molecule has 11 heteroatoms. The van der Waals surface area contributed by atoms with Crippen molar-refractivity contribution in [3.63, 3.8) is 0 Å². The van der Waals surface area contributed by atoms with Gasteiger partial charge in [0.05, 0.1) is 4.91 Å². The maximum atomic E-state index is 13.9. The molecule has 0 radical (unpaired) electrons. The fourth-order valence-corrected chi connectivity index (χ4v) is 6.60. The van der Waals surface area contributed by atoms with E-state index in [0.29, 0.717) is 35.9 Å². The SMILES string of the molecule is CC(O)(c1ccc(N2CCN(S(=O)(=O)C3=CC=CCC3=S)C[C@@H]2Cc2cccc(F)c2)cc1)C(F)(F)F. The van der Waals surface area contributed by atoms with Crippen molar-refractivity contribution < 1.29 is 31.1 Å². The molecule has 2 aromatic carbocycles. The van der Waals surface area contributed by atoms with Gasteiger partial charge in [-0.2, -0.15) is 17.5 Å². The van der Waals surface area contributed by atoms with Crippen molar-refractivity contribution in [1.82, 2.24) is 4.31 Å². The zero-order valence-electron chi connectivity index (χ0n) is 20.0. The Kier molecular flexibility index (Phi) is 7.62. The first-order valence-corrected chi connectivity index (χ1v) is 13.5. The molecule has 2 aromatic rings. The lowest BCUT2D eigenvalue weighted by Crippen LogP contribution is -2.56. The van der Waals surface area contributed by atoms with Crippen LogP contribution in [0.4, 0.5) is 23.2 Å². The predicted octanol–water partition coefficient (Wildman–Crippen LogP) is 4.87.